The molecule has 1 heterocycles. The Labute approximate surface area is 119 Å². The Morgan fingerprint density at radius 3 is 2.63 bits per heavy atom. The van der Waals surface area contributed by atoms with Crippen LogP contribution in [0.4, 0.5) is 5.69 Å². The zero-order valence-electron chi connectivity index (χ0n) is 11.3. The van der Waals surface area contributed by atoms with Gasteiger partial charge in [-0.1, -0.05) is 31.5 Å². The molecular weight excluding hydrogens is 254 g/mol. The molecule has 0 aliphatic rings. The highest BCUT2D eigenvalue weighted by Crippen LogP contribution is 2.19. The maximum atomic E-state index is 9.99. The lowest BCUT2D eigenvalue weighted by Crippen LogP contribution is -2.10. The summed E-state index contributed by atoms with van der Waals surface area (Å²) in [6.07, 6.45) is 3.19. The van der Waals surface area contributed by atoms with Gasteiger partial charge in [-0.05, 0) is 42.0 Å². The van der Waals surface area contributed by atoms with E-state index in [9.17, 15) is 5.11 Å². The topological polar surface area (TPSA) is 32.3 Å². The summed E-state index contributed by atoms with van der Waals surface area (Å²) in [5.74, 6) is 0. The van der Waals surface area contributed by atoms with Gasteiger partial charge < -0.3 is 10.4 Å². The molecular formula is C16H21NOS. The minimum atomic E-state index is -0.431. The Balaban J connectivity index is 1.82. The van der Waals surface area contributed by atoms with Gasteiger partial charge in [0.05, 0.1) is 0 Å². The van der Waals surface area contributed by atoms with E-state index in [1.54, 1.807) is 11.3 Å². The zero-order valence-corrected chi connectivity index (χ0v) is 12.1. The summed E-state index contributed by atoms with van der Waals surface area (Å²) >= 11 is 1.59. The van der Waals surface area contributed by atoms with Gasteiger partial charge in [0, 0.05) is 17.1 Å². The van der Waals surface area contributed by atoms with Crippen LogP contribution in [0.15, 0.2) is 41.8 Å². The molecule has 0 saturated carbocycles. The van der Waals surface area contributed by atoms with E-state index in [0.717, 1.165) is 17.0 Å². The minimum Gasteiger partial charge on any atom is -0.386 e. The van der Waals surface area contributed by atoms with E-state index < -0.39 is 6.10 Å². The molecule has 0 amide bonds. The van der Waals surface area contributed by atoms with E-state index in [1.165, 1.54) is 18.4 Å². The molecule has 2 N–H and O–H groups in total. The molecule has 2 nitrogen and oxygen atoms in total. The van der Waals surface area contributed by atoms with Crippen molar-refractivity contribution < 1.29 is 5.11 Å². The molecule has 0 fully saturated rings. The van der Waals surface area contributed by atoms with Crippen molar-refractivity contribution >= 4 is 17.0 Å². The molecule has 1 aromatic heterocycles. The van der Waals surface area contributed by atoms with Crippen LogP contribution in [0.1, 0.15) is 36.3 Å². The molecule has 0 bridgehead atoms. The van der Waals surface area contributed by atoms with Crippen LogP contribution in [0, 0.1) is 0 Å². The summed E-state index contributed by atoms with van der Waals surface area (Å²) in [6, 6.07) is 12.4. The summed E-state index contributed by atoms with van der Waals surface area (Å²) in [4.78, 5) is 1.01. The number of rotatable bonds is 7. The van der Waals surface area contributed by atoms with E-state index in [-0.39, 0.29) is 0 Å². The lowest BCUT2D eigenvalue weighted by molar-refractivity contribution is 0.195. The second kappa shape index (κ2) is 7.31. The normalized spacial score (nSPS) is 12.3. The number of anilines is 1. The molecule has 1 unspecified atom stereocenters. The number of nitrogens with one attached hydrogen (secondary N) is 1. The second-order valence-corrected chi connectivity index (χ2v) is 5.69. The number of benzene rings is 1. The molecule has 0 aliphatic carbocycles. The fourth-order valence-corrected chi connectivity index (χ4v) is 2.68. The van der Waals surface area contributed by atoms with Crippen LogP contribution in [0.25, 0.3) is 0 Å². The molecule has 3 heteroatoms. The average molecular weight is 275 g/mol. The van der Waals surface area contributed by atoms with E-state index in [4.69, 9.17) is 0 Å². The van der Waals surface area contributed by atoms with Gasteiger partial charge in [-0.2, -0.15) is 0 Å². The number of aliphatic hydroxyl groups excluding tert-OH is 1. The van der Waals surface area contributed by atoms with Gasteiger partial charge in [-0.15, -0.1) is 11.3 Å². The third-order valence-electron chi connectivity index (χ3n) is 3.14. The van der Waals surface area contributed by atoms with Gasteiger partial charge in [-0.3, -0.25) is 0 Å². The van der Waals surface area contributed by atoms with Crippen LogP contribution in [0.5, 0.6) is 0 Å². The van der Waals surface area contributed by atoms with Gasteiger partial charge in [0.1, 0.15) is 6.10 Å². The standard InChI is InChI=1S/C16H21NOS/c1-2-3-5-13-7-9-14(10-8-13)17-12-15(18)16-6-4-11-19-16/h4,6-11,15,17-18H,2-3,5,12H2,1H3. The first-order valence-electron chi connectivity index (χ1n) is 6.84. The van der Waals surface area contributed by atoms with Crippen molar-refractivity contribution in [2.75, 3.05) is 11.9 Å². The molecule has 1 aromatic carbocycles. The molecule has 2 rings (SSSR count). The summed E-state index contributed by atoms with van der Waals surface area (Å²) in [7, 11) is 0. The van der Waals surface area contributed by atoms with E-state index in [0.29, 0.717) is 6.54 Å². The van der Waals surface area contributed by atoms with Crippen LogP contribution >= 0.6 is 11.3 Å². The fraction of sp³-hybridized carbons (Fsp3) is 0.375. The van der Waals surface area contributed by atoms with E-state index in [1.807, 2.05) is 17.5 Å². The highest BCUT2D eigenvalue weighted by Gasteiger charge is 2.07. The SMILES string of the molecule is CCCCc1ccc(NCC(O)c2cccs2)cc1. The second-order valence-electron chi connectivity index (χ2n) is 4.71. The van der Waals surface area contributed by atoms with Crippen LogP contribution < -0.4 is 5.32 Å². The quantitative estimate of drug-likeness (QED) is 0.792. The molecule has 0 aliphatic heterocycles. The molecule has 0 saturated heterocycles. The number of aliphatic hydroxyl groups is 1. The molecule has 102 valence electrons. The fourth-order valence-electron chi connectivity index (χ4n) is 1.97. The monoisotopic (exact) mass is 275 g/mol. The summed E-state index contributed by atoms with van der Waals surface area (Å²) < 4.78 is 0. The van der Waals surface area contributed by atoms with Crippen molar-refractivity contribution in [2.24, 2.45) is 0 Å². The molecule has 19 heavy (non-hydrogen) atoms. The van der Waals surface area contributed by atoms with E-state index >= 15 is 0 Å². The summed E-state index contributed by atoms with van der Waals surface area (Å²) in [6.45, 7) is 2.76. The van der Waals surface area contributed by atoms with Gasteiger partial charge in [0.25, 0.3) is 0 Å². The van der Waals surface area contributed by atoms with Crippen LogP contribution in [-0.4, -0.2) is 11.7 Å². The first-order valence-corrected chi connectivity index (χ1v) is 7.72. The molecule has 0 radical (unpaired) electrons. The lowest BCUT2D eigenvalue weighted by Gasteiger charge is -2.11. The smallest absolute Gasteiger partial charge is 0.105 e. The first-order chi connectivity index (χ1) is 9.29. The number of aryl methyl sites for hydroxylation is 1. The van der Waals surface area contributed by atoms with Gasteiger partial charge in [0.2, 0.25) is 0 Å². The lowest BCUT2D eigenvalue weighted by atomic mass is 10.1. The van der Waals surface area contributed by atoms with Crippen molar-refractivity contribution in [3.8, 4) is 0 Å². The van der Waals surface area contributed by atoms with Gasteiger partial charge in [0.15, 0.2) is 0 Å². The number of hydrogen-bond donors (Lipinski definition) is 2. The summed E-state index contributed by atoms with van der Waals surface area (Å²) in [5, 5.41) is 15.2. The van der Waals surface area contributed by atoms with Crippen molar-refractivity contribution in [2.45, 2.75) is 32.3 Å². The predicted molar refractivity (Wildman–Crippen MR) is 82.8 cm³/mol. The maximum absolute atomic E-state index is 9.99. The molecule has 0 spiro atoms. The van der Waals surface area contributed by atoms with Crippen LogP contribution in [-0.2, 0) is 6.42 Å². The first kappa shape index (κ1) is 14.1. The van der Waals surface area contributed by atoms with Crippen molar-refractivity contribution in [1.29, 1.82) is 0 Å². The van der Waals surface area contributed by atoms with Crippen LogP contribution in [0.2, 0.25) is 0 Å². The summed E-state index contributed by atoms with van der Waals surface area (Å²) in [5.41, 5.74) is 2.45. The molecule has 1 atom stereocenters. The molecule has 2 aromatic rings. The highest BCUT2D eigenvalue weighted by molar-refractivity contribution is 7.10. The largest absolute Gasteiger partial charge is 0.386 e. The Bertz CT molecular complexity index is 464. The third kappa shape index (κ3) is 4.37. The van der Waals surface area contributed by atoms with E-state index in [2.05, 4.69) is 36.5 Å². The Morgan fingerprint density at radius 2 is 2.00 bits per heavy atom. The number of hydrogen-bond acceptors (Lipinski definition) is 3. The Hall–Kier alpha value is -1.32. The van der Waals surface area contributed by atoms with Crippen molar-refractivity contribution in [1.82, 2.24) is 0 Å². The van der Waals surface area contributed by atoms with Crippen LogP contribution in [0.3, 0.4) is 0 Å². The third-order valence-corrected chi connectivity index (χ3v) is 4.12. The maximum Gasteiger partial charge on any atom is 0.105 e. The Morgan fingerprint density at radius 1 is 1.21 bits per heavy atom. The van der Waals surface area contributed by atoms with Gasteiger partial charge in [-0.25, -0.2) is 0 Å². The van der Waals surface area contributed by atoms with Gasteiger partial charge >= 0.3 is 0 Å². The minimum absolute atomic E-state index is 0.431. The Kier molecular flexibility index (Phi) is 5.43. The highest BCUT2D eigenvalue weighted by atomic mass is 32.1. The number of thiophene rings is 1. The number of unbranched alkanes of at least 4 members (excludes halogenated alkanes) is 1. The predicted octanol–water partition coefficient (Wildman–Crippen LogP) is 4.24. The van der Waals surface area contributed by atoms with Crippen molar-refractivity contribution in [3.63, 3.8) is 0 Å². The zero-order chi connectivity index (χ0) is 13.5. The van der Waals surface area contributed by atoms with Crippen molar-refractivity contribution in [3.05, 3.63) is 52.2 Å². The average Bonchev–Trinajstić information content (AvgIpc) is 2.98.